The number of halogens is 1. The highest BCUT2D eigenvalue weighted by Gasteiger charge is 2.26. The van der Waals surface area contributed by atoms with Crippen LogP contribution in [0, 0.1) is 0 Å². The molecule has 1 aromatic carbocycles. The topological polar surface area (TPSA) is 110 Å². The molecule has 0 aliphatic heterocycles. The van der Waals surface area contributed by atoms with Gasteiger partial charge >= 0.3 is 0 Å². The number of pyridine rings is 1. The van der Waals surface area contributed by atoms with Gasteiger partial charge in [-0.3, -0.25) is 4.79 Å². The molecule has 1 amide bonds. The summed E-state index contributed by atoms with van der Waals surface area (Å²) in [4.78, 5) is 25.6. The first-order valence-corrected chi connectivity index (χ1v) is 12.5. The van der Waals surface area contributed by atoms with Gasteiger partial charge in [0, 0.05) is 37.8 Å². The van der Waals surface area contributed by atoms with E-state index < -0.39 is 5.54 Å². The quantitative estimate of drug-likeness (QED) is 0.267. The number of nitrogens with one attached hydrogen (secondary N) is 3. The fraction of sp³-hybridized carbons (Fsp3) is 0.462. The molecular formula is C26H35ClN6O3. The number of nitrogens with zero attached hydrogens (tertiary/aromatic N) is 3. The summed E-state index contributed by atoms with van der Waals surface area (Å²) in [5.74, 6) is 2.33. The van der Waals surface area contributed by atoms with Gasteiger partial charge < -0.3 is 25.4 Å². The highest BCUT2D eigenvalue weighted by molar-refractivity contribution is 6.31. The Labute approximate surface area is 217 Å². The molecule has 2 heterocycles. The van der Waals surface area contributed by atoms with Crippen LogP contribution in [0.15, 0.2) is 30.5 Å². The Morgan fingerprint density at radius 3 is 2.64 bits per heavy atom. The van der Waals surface area contributed by atoms with Crippen molar-refractivity contribution in [1.82, 2.24) is 20.3 Å². The second-order valence-corrected chi connectivity index (χ2v) is 9.44. The number of carbonyl (C=O) groups is 1. The van der Waals surface area contributed by atoms with Crippen molar-refractivity contribution in [2.24, 2.45) is 0 Å². The van der Waals surface area contributed by atoms with E-state index in [0.29, 0.717) is 52.4 Å². The third kappa shape index (κ3) is 7.34. The van der Waals surface area contributed by atoms with E-state index in [1.807, 2.05) is 18.2 Å². The van der Waals surface area contributed by atoms with Crippen molar-refractivity contribution < 1.29 is 14.3 Å². The van der Waals surface area contributed by atoms with E-state index in [1.165, 1.54) is 6.92 Å². The molecule has 1 atom stereocenters. The van der Waals surface area contributed by atoms with Crippen molar-refractivity contribution in [1.29, 1.82) is 0 Å². The number of hydrogen-bond acceptors (Lipinski definition) is 8. The summed E-state index contributed by atoms with van der Waals surface area (Å²) in [5, 5.41) is 10.3. The predicted molar refractivity (Wildman–Crippen MR) is 144 cm³/mol. The van der Waals surface area contributed by atoms with Crippen molar-refractivity contribution >= 4 is 40.3 Å². The Bertz CT molecular complexity index is 1190. The maximum absolute atomic E-state index is 11.7. The standard InChI is InChI=1S/C26H35ClN6O3/c1-6-7-8-11-26(3,16-30-17(2)34)33-24-23-21(12-19(27)15-28-23)31-25(32-24)29-14-18-9-10-20(35-4)13-22(18)36-5/h9-10,12-13,15H,6-8,11,14,16H2,1-5H3,(H,30,34)(H2,29,31,32,33). The molecule has 10 heteroatoms. The summed E-state index contributed by atoms with van der Waals surface area (Å²) in [5.41, 5.74) is 1.71. The fourth-order valence-electron chi connectivity index (χ4n) is 3.90. The zero-order valence-corrected chi connectivity index (χ0v) is 22.3. The Kier molecular flexibility index (Phi) is 9.52. The molecule has 0 radical (unpaired) electrons. The van der Waals surface area contributed by atoms with Crippen molar-refractivity contribution in [3.8, 4) is 11.5 Å². The van der Waals surface area contributed by atoms with E-state index in [-0.39, 0.29) is 5.91 Å². The van der Waals surface area contributed by atoms with Crippen LogP contribution in [-0.4, -0.2) is 47.2 Å². The summed E-state index contributed by atoms with van der Waals surface area (Å²) in [6.45, 7) is 6.66. The Balaban J connectivity index is 1.93. The number of rotatable bonds is 13. The van der Waals surface area contributed by atoms with Gasteiger partial charge in [-0.15, -0.1) is 0 Å². The van der Waals surface area contributed by atoms with Gasteiger partial charge in [-0.25, -0.2) is 9.97 Å². The predicted octanol–water partition coefficient (Wildman–Crippen LogP) is 5.19. The minimum atomic E-state index is -0.431. The molecule has 3 aromatic rings. The number of fused-ring (bicyclic) bond motifs is 1. The summed E-state index contributed by atoms with van der Waals surface area (Å²) < 4.78 is 10.8. The molecule has 36 heavy (non-hydrogen) atoms. The van der Waals surface area contributed by atoms with E-state index in [9.17, 15) is 4.79 Å². The third-order valence-corrected chi connectivity index (χ3v) is 6.12. The summed E-state index contributed by atoms with van der Waals surface area (Å²) in [7, 11) is 3.24. The van der Waals surface area contributed by atoms with Crippen LogP contribution in [0.4, 0.5) is 11.8 Å². The molecule has 2 aromatic heterocycles. The normalized spacial score (nSPS) is 12.6. The number of amides is 1. The van der Waals surface area contributed by atoms with Gasteiger partial charge in [-0.2, -0.15) is 4.98 Å². The number of anilines is 2. The molecule has 0 spiro atoms. The van der Waals surface area contributed by atoms with Crippen LogP contribution in [0.25, 0.3) is 11.0 Å². The number of carbonyl (C=O) groups excluding carboxylic acids is 1. The number of benzene rings is 1. The highest BCUT2D eigenvalue weighted by Crippen LogP contribution is 2.29. The number of methoxy groups -OCH3 is 2. The van der Waals surface area contributed by atoms with Gasteiger partial charge in [0.25, 0.3) is 0 Å². The number of unbranched alkanes of at least 4 members (excludes halogenated alkanes) is 2. The molecule has 194 valence electrons. The van der Waals surface area contributed by atoms with E-state index in [2.05, 4.69) is 39.8 Å². The monoisotopic (exact) mass is 514 g/mol. The van der Waals surface area contributed by atoms with E-state index in [1.54, 1.807) is 26.5 Å². The molecular weight excluding hydrogens is 480 g/mol. The van der Waals surface area contributed by atoms with Crippen molar-refractivity contribution in [2.45, 2.75) is 58.5 Å². The molecule has 3 rings (SSSR count). The SMILES string of the molecule is CCCCCC(C)(CNC(C)=O)Nc1nc(NCc2ccc(OC)cc2OC)nc2cc(Cl)cnc12. The highest BCUT2D eigenvalue weighted by atomic mass is 35.5. The zero-order chi connectivity index (χ0) is 26.1. The Morgan fingerprint density at radius 2 is 1.94 bits per heavy atom. The average molecular weight is 515 g/mol. The second-order valence-electron chi connectivity index (χ2n) is 9.00. The lowest BCUT2D eigenvalue weighted by molar-refractivity contribution is -0.119. The van der Waals surface area contributed by atoms with E-state index >= 15 is 0 Å². The first-order chi connectivity index (χ1) is 17.3. The van der Waals surface area contributed by atoms with Crippen molar-refractivity contribution in [3.05, 3.63) is 41.0 Å². The summed E-state index contributed by atoms with van der Waals surface area (Å²) >= 11 is 6.23. The maximum atomic E-state index is 11.7. The summed E-state index contributed by atoms with van der Waals surface area (Å²) in [6.07, 6.45) is 5.66. The molecule has 3 N–H and O–H groups in total. The lowest BCUT2D eigenvalue weighted by Gasteiger charge is -2.32. The van der Waals surface area contributed by atoms with Crippen molar-refractivity contribution in [3.63, 3.8) is 0 Å². The minimum Gasteiger partial charge on any atom is -0.497 e. The first-order valence-electron chi connectivity index (χ1n) is 12.1. The maximum Gasteiger partial charge on any atom is 0.225 e. The molecule has 1 unspecified atom stereocenters. The minimum absolute atomic E-state index is 0.0771. The lowest BCUT2D eigenvalue weighted by atomic mass is 9.94. The van der Waals surface area contributed by atoms with Crippen LogP contribution < -0.4 is 25.4 Å². The molecule has 0 bridgehead atoms. The number of ether oxygens (including phenoxy) is 2. The van der Waals surface area contributed by atoms with E-state index in [4.69, 9.17) is 26.1 Å². The van der Waals surface area contributed by atoms with Gasteiger partial charge in [-0.05, 0) is 31.5 Å². The lowest BCUT2D eigenvalue weighted by Crippen LogP contribution is -2.46. The van der Waals surface area contributed by atoms with Gasteiger partial charge in [0.15, 0.2) is 5.82 Å². The van der Waals surface area contributed by atoms with Gasteiger partial charge in [0.2, 0.25) is 11.9 Å². The van der Waals surface area contributed by atoms with E-state index in [0.717, 1.165) is 31.2 Å². The van der Waals surface area contributed by atoms with Crippen LogP contribution in [0.2, 0.25) is 5.02 Å². The van der Waals surface area contributed by atoms with Crippen LogP contribution in [0.5, 0.6) is 11.5 Å². The average Bonchev–Trinajstić information content (AvgIpc) is 2.86. The smallest absolute Gasteiger partial charge is 0.225 e. The first kappa shape index (κ1) is 27.3. The molecule has 0 saturated carbocycles. The molecule has 0 fully saturated rings. The fourth-order valence-corrected chi connectivity index (χ4v) is 4.05. The largest absolute Gasteiger partial charge is 0.497 e. The second kappa shape index (κ2) is 12.6. The van der Waals surface area contributed by atoms with Crippen LogP contribution in [-0.2, 0) is 11.3 Å². The summed E-state index contributed by atoms with van der Waals surface area (Å²) in [6, 6.07) is 7.40. The molecule has 0 aliphatic rings. The van der Waals surface area contributed by atoms with Crippen LogP contribution in [0.3, 0.4) is 0 Å². The number of hydrogen-bond donors (Lipinski definition) is 3. The Hall–Kier alpha value is -3.33. The number of aromatic nitrogens is 3. The van der Waals surface area contributed by atoms with Crippen molar-refractivity contribution in [2.75, 3.05) is 31.4 Å². The van der Waals surface area contributed by atoms with Crippen LogP contribution in [0.1, 0.15) is 52.0 Å². The molecule has 0 saturated heterocycles. The van der Waals surface area contributed by atoms with Crippen LogP contribution >= 0.6 is 11.6 Å². The molecule has 9 nitrogen and oxygen atoms in total. The zero-order valence-electron chi connectivity index (χ0n) is 21.6. The van der Waals surface area contributed by atoms with Gasteiger partial charge in [-0.1, -0.05) is 37.8 Å². The Morgan fingerprint density at radius 1 is 1.14 bits per heavy atom. The third-order valence-electron chi connectivity index (χ3n) is 5.91. The molecule has 0 aliphatic carbocycles. The van der Waals surface area contributed by atoms with Gasteiger partial charge in [0.05, 0.1) is 30.3 Å². The van der Waals surface area contributed by atoms with Gasteiger partial charge in [0.1, 0.15) is 17.0 Å².